The van der Waals surface area contributed by atoms with Gasteiger partial charge in [-0.2, -0.15) is 16.7 Å². The van der Waals surface area contributed by atoms with Gasteiger partial charge in [0.25, 0.3) is 0 Å². The average molecular weight is 281 g/mol. The van der Waals surface area contributed by atoms with E-state index >= 15 is 0 Å². The number of rotatable bonds is 4. The van der Waals surface area contributed by atoms with Crippen molar-refractivity contribution in [3.05, 3.63) is 11.7 Å². The fraction of sp³-hybridized carbons (Fsp3) is 0.857. The number of aromatic nitrogens is 2. The summed E-state index contributed by atoms with van der Waals surface area (Å²) in [6.07, 6.45) is 9.77. The maximum Gasteiger partial charge on any atom is 0.228 e. The highest BCUT2D eigenvalue weighted by Crippen LogP contribution is 2.38. The second kappa shape index (κ2) is 5.83. The van der Waals surface area contributed by atoms with E-state index in [0.29, 0.717) is 5.25 Å². The minimum Gasteiger partial charge on any atom is -0.339 e. The molecule has 1 saturated carbocycles. The van der Waals surface area contributed by atoms with Gasteiger partial charge >= 0.3 is 0 Å². The molecule has 1 aromatic heterocycles. The van der Waals surface area contributed by atoms with Gasteiger partial charge < -0.3 is 9.84 Å². The van der Waals surface area contributed by atoms with E-state index in [9.17, 15) is 0 Å². The summed E-state index contributed by atoms with van der Waals surface area (Å²) in [7, 11) is 2.06. The van der Waals surface area contributed by atoms with Crippen molar-refractivity contribution in [3.8, 4) is 0 Å². The Hall–Kier alpha value is -0.550. The van der Waals surface area contributed by atoms with Gasteiger partial charge in [0.2, 0.25) is 5.89 Å². The molecule has 1 N–H and O–H groups in total. The number of hydrogen-bond acceptors (Lipinski definition) is 5. The van der Waals surface area contributed by atoms with E-state index in [1.54, 1.807) is 0 Å². The van der Waals surface area contributed by atoms with Crippen molar-refractivity contribution in [1.82, 2.24) is 15.5 Å². The number of hydrogen-bond donors (Lipinski definition) is 1. The lowest BCUT2D eigenvalue weighted by atomic mass is 9.79. The van der Waals surface area contributed by atoms with Crippen LogP contribution in [-0.2, 0) is 6.42 Å². The molecule has 1 aromatic rings. The van der Waals surface area contributed by atoms with Crippen LogP contribution in [0, 0.1) is 0 Å². The molecular formula is C14H23N3OS. The molecule has 4 nitrogen and oxygen atoms in total. The van der Waals surface area contributed by atoms with Crippen LogP contribution in [-0.4, -0.2) is 28.5 Å². The molecular weight excluding hydrogens is 258 g/mol. The smallest absolute Gasteiger partial charge is 0.228 e. The first kappa shape index (κ1) is 13.4. The standard InChI is InChI=1S/C14H23N3OS/c1-15-14(7-3-2-4-8-14)10-12-16-13(17-18-12)11-6-5-9-19-11/h11,15H,2-10H2,1H3. The Labute approximate surface area is 119 Å². The molecule has 2 aliphatic rings. The zero-order chi connectivity index (χ0) is 13.1. The Morgan fingerprint density at radius 3 is 2.84 bits per heavy atom. The molecule has 1 unspecified atom stereocenters. The quantitative estimate of drug-likeness (QED) is 0.919. The summed E-state index contributed by atoms with van der Waals surface area (Å²) in [5, 5.41) is 8.17. The minimum atomic E-state index is 0.185. The Bertz CT molecular complexity index is 409. The van der Waals surface area contributed by atoms with Gasteiger partial charge in [0.1, 0.15) is 0 Å². The van der Waals surface area contributed by atoms with E-state index < -0.39 is 0 Å². The lowest BCUT2D eigenvalue weighted by molar-refractivity contribution is 0.221. The molecule has 1 aliphatic carbocycles. The molecule has 5 heteroatoms. The third-order valence-electron chi connectivity index (χ3n) is 4.53. The first-order valence-corrected chi connectivity index (χ1v) is 8.49. The summed E-state index contributed by atoms with van der Waals surface area (Å²) in [5.74, 6) is 2.97. The molecule has 2 heterocycles. The van der Waals surface area contributed by atoms with Crippen molar-refractivity contribution in [3.63, 3.8) is 0 Å². The maximum atomic E-state index is 5.49. The number of thioether (sulfide) groups is 1. The summed E-state index contributed by atoms with van der Waals surface area (Å²) in [5.41, 5.74) is 0.185. The van der Waals surface area contributed by atoms with Crippen molar-refractivity contribution in [2.75, 3.05) is 12.8 Å². The molecule has 3 rings (SSSR count). The van der Waals surface area contributed by atoms with Gasteiger partial charge in [0.05, 0.1) is 5.25 Å². The Kier molecular flexibility index (Phi) is 4.12. The summed E-state index contributed by atoms with van der Waals surface area (Å²) < 4.78 is 5.49. The molecule has 1 atom stereocenters. The first-order chi connectivity index (χ1) is 9.31. The maximum absolute atomic E-state index is 5.49. The van der Waals surface area contributed by atoms with Gasteiger partial charge in [-0.05, 0) is 38.5 Å². The van der Waals surface area contributed by atoms with Crippen LogP contribution in [0.3, 0.4) is 0 Å². The van der Waals surface area contributed by atoms with Gasteiger partial charge in [0.15, 0.2) is 5.82 Å². The highest BCUT2D eigenvalue weighted by molar-refractivity contribution is 7.99. The monoisotopic (exact) mass is 281 g/mol. The average Bonchev–Trinajstić information content (AvgIpc) is 3.10. The number of nitrogens with one attached hydrogen (secondary N) is 1. The molecule has 0 spiro atoms. The van der Waals surface area contributed by atoms with Crippen molar-refractivity contribution >= 4 is 11.8 Å². The topological polar surface area (TPSA) is 51.0 Å². The van der Waals surface area contributed by atoms with Gasteiger partial charge in [0, 0.05) is 12.0 Å². The highest BCUT2D eigenvalue weighted by Gasteiger charge is 2.33. The zero-order valence-corrected chi connectivity index (χ0v) is 12.5. The summed E-state index contributed by atoms with van der Waals surface area (Å²) in [6.45, 7) is 0. The van der Waals surface area contributed by atoms with Crippen LogP contribution in [0.25, 0.3) is 0 Å². The van der Waals surface area contributed by atoms with Gasteiger partial charge in [-0.25, -0.2) is 0 Å². The molecule has 0 bridgehead atoms. The Morgan fingerprint density at radius 1 is 1.32 bits per heavy atom. The predicted octanol–water partition coefficient (Wildman–Crippen LogP) is 3.10. The largest absolute Gasteiger partial charge is 0.339 e. The van der Waals surface area contributed by atoms with Crippen molar-refractivity contribution in [1.29, 1.82) is 0 Å². The molecule has 2 fully saturated rings. The number of likely N-dealkylation sites (N-methyl/N-ethyl adjacent to an activating group) is 1. The lowest BCUT2D eigenvalue weighted by Crippen LogP contribution is -2.46. The predicted molar refractivity (Wildman–Crippen MR) is 77.3 cm³/mol. The van der Waals surface area contributed by atoms with E-state index in [4.69, 9.17) is 4.52 Å². The van der Waals surface area contributed by atoms with Gasteiger partial charge in [-0.1, -0.05) is 24.4 Å². The molecule has 0 amide bonds. The normalized spacial score (nSPS) is 26.7. The van der Waals surface area contributed by atoms with Crippen LogP contribution in [0.15, 0.2) is 4.52 Å². The van der Waals surface area contributed by atoms with E-state index in [-0.39, 0.29) is 5.54 Å². The molecule has 106 valence electrons. The van der Waals surface area contributed by atoms with Crippen LogP contribution < -0.4 is 5.32 Å². The van der Waals surface area contributed by atoms with E-state index in [1.807, 2.05) is 11.8 Å². The molecule has 0 radical (unpaired) electrons. The SMILES string of the molecule is CNC1(Cc2nc(C3CCCS3)no2)CCCCC1. The number of nitrogens with zero attached hydrogens (tertiary/aromatic N) is 2. The fourth-order valence-electron chi connectivity index (χ4n) is 3.29. The summed E-state index contributed by atoms with van der Waals surface area (Å²) in [6, 6.07) is 0. The molecule has 1 aliphatic heterocycles. The lowest BCUT2D eigenvalue weighted by Gasteiger charge is -2.36. The second-order valence-corrected chi connectivity index (χ2v) is 7.13. The summed E-state index contributed by atoms with van der Waals surface area (Å²) >= 11 is 1.96. The van der Waals surface area contributed by atoms with Crippen LogP contribution >= 0.6 is 11.8 Å². The van der Waals surface area contributed by atoms with Crippen molar-refractivity contribution in [2.24, 2.45) is 0 Å². The fourth-order valence-corrected chi connectivity index (χ4v) is 4.48. The molecule has 1 saturated heterocycles. The van der Waals surface area contributed by atoms with Crippen LogP contribution in [0.1, 0.15) is 61.9 Å². The summed E-state index contributed by atoms with van der Waals surface area (Å²) in [4.78, 5) is 4.64. The second-order valence-electron chi connectivity index (χ2n) is 5.82. The Balaban J connectivity index is 1.68. The van der Waals surface area contributed by atoms with Crippen molar-refractivity contribution < 1.29 is 4.52 Å². The highest BCUT2D eigenvalue weighted by atomic mass is 32.2. The van der Waals surface area contributed by atoms with E-state index in [0.717, 1.165) is 18.1 Å². The minimum absolute atomic E-state index is 0.185. The van der Waals surface area contributed by atoms with Crippen molar-refractivity contribution in [2.45, 2.75) is 62.2 Å². The van der Waals surface area contributed by atoms with Gasteiger partial charge in [-0.3, -0.25) is 0 Å². The van der Waals surface area contributed by atoms with Crippen LogP contribution in [0.4, 0.5) is 0 Å². The van der Waals surface area contributed by atoms with E-state index in [2.05, 4.69) is 22.5 Å². The van der Waals surface area contributed by atoms with Gasteiger partial charge in [-0.15, -0.1) is 0 Å². The third kappa shape index (κ3) is 2.97. The van der Waals surface area contributed by atoms with Crippen LogP contribution in [0.5, 0.6) is 0 Å². The molecule has 0 aromatic carbocycles. The van der Waals surface area contributed by atoms with Crippen LogP contribution in [0.2, 0.25) is 0 Å². The third-order valence-corrected chi connectivity index (χ3v) is 5.91. The Morgan fingerprint density at radius 2 is 2.16 bits per heavy atom. The molecule has 19 heavy (non-hydrogen) atoms. The first-order valence-electron chi connectivity index (χ1n) is 7.44. The van der Waals surface area contributed by atoms with E-state index in [1.165, 1.54) is 50.7 Å². The zero-order valence-electron chi connectivity index (χ0n) is 11.7.